The largest absolute Gasteiger partial charge is 0.457 e. The highest BCUT2D eigenvalue weighted by Gasteiger charge is 2.49. The molecule has 4 saturated heterocycles. The van der Waals surface area contributed by atoms with Crippen LogP contribution in [0.3, 0.4) is 0 Å². The van der Waals surface area contributed by atoms with E-state index in [-0.39, 0.29) is 78.3 Å². The number of carbonyl (C=O) groups excluding carboxylic acids is 2. The number of halogens is 1. The minimum atomic E-state index is -1.50. The van der Waals surface area contributed by atoms with Crippen molar-refractivity contribution in [3.05, 3.63) is 71.8 Å². The van der Waals surface area contributed by atoms with Crippen LogP contribution in [0.5, 0.6) is 0 Å². The van der Waals surface area contributed by atoms with Gasteiger partial charge in [0, 0.05) is 57.7 Å². The molecule has 2 aromatic carbocycles. The molecule has 0 aliphatic carbocycles. The molecule has 4 aliphatic heterocycles. The molecule has 392 valence electrons. The third-order valence-electron chi connectivity index (χ3n) is 15.3. The Kier molecular flexibility index (Phi) is 24.5. The normalized spacial score (nSPS) is 37.8. The third-order valence-corrected chi connectivity index (χ3v) is 15.3. The van der Waals surface area contributed by atoms with E-state index in [9.17, 15) is 14.0 Å². The number of carbonyl (C=O) groups is 2. The minimum absolute atomic E-state index is 0.0115. The molecule has 0 amide bonds. The van der Waals surface area contributed by atoms with Gasteiger partial charge in [-0.2, -0.15) is 0 Å². The summed E-state index contributed by atoms with van der Waals surface area (Å²) in [6.45, 7) is 28.0. The second kappa shape index (κ2) is 28.9. The number of hydrogen-bond donors (Lipinski definition) is 0. The Labute approximate surface area is 413 Å². The van der Waals surface area contributed by atoms with Crippen molar-refractivity contribution in [3.63, 3.8) is 0 Å². The molecular formula is C55H87FO13. The van der Waals surface area contributed by atoms with Crippen LogP contribution in [0.15, 0.2) is 60.7 Å². The highest BCUT2D eigenvalue weighted by atomic mass is 19.1. The van der Waals surface area contributed by atoms with Gasteiger partial charge in [0.25, 0.3) is 0 Å². The van der Waals surface area contributed by atoms with E-state index >= 15 is 0 Å². The van der Waals surface area contributed by atoms with Crippen LogP contribution in [-0.2, 0) is 74.9 Å². The van der Waals surface area contributed by atoms with E-state index < -0.39 is 37.1 Å². The number of hydrogen-bond acceptors (Lipinski definition) is 13. The Balaban J connectivity index is 0.000000250. The summed E-state index contributed by atoms with van der Waals surface area (Å²) in [6, 6.07) is 20.3. The topological polar surface area (TPSA) is 136 Å². The Morgan fingerprint density at radius 3 is 1.35 bits per heavy atom. The molecule has 0 radical (unpaired) electrons. The molecule has 8 unspecified atom stereocenters. The Morgan fingerprint density at radius 1 is 0.478 bits per heavy atom. The van der Waals surface area contributed by atoms with Crippen LogP contribution < -0.4 is 0 Å². The van der Waals surface area contributed by atoms with Crippen molar-refractivity contribution < 1.29 is 66.1 Å². The molecule has 13 nitrogen and oxygen atoms in total. The minimum Gasteiger partial charge on any atom is -0.457 e. The molecule has 0 bridgehead atoms. The molecule has 0 saturated carbocycles. The lowest BCUT2D eigenvalue weighted by Crippen LogP contribution is -2.57. The number of alkyl halides is 1. The van der Waals surface area contributed by atoms with Crippen molar-refractivity contribution >= 4 is 11.9 Å². The van der Waals surface area contributed by atoms with Gasteiger partial charge in [0.1, 0.15) is 0 Å². The van der Waals surface area contributed by atoms with Crippen LogP contribution >= 0.6 is 0 Å². The van der Waals surface area contributed by atoms with Crippen molar-refractivity contribution in [2.75, 3.05) is 27.4 Å². The predicted molar refractivity (Wildman–Crippen MR) is 261 cm³/mol. The second-order valence-corrected chi connectivity index (χ2v) is 19.9. The van der Waals surface area contributed by atoms with E-state index in [1.165, 1.54) is 19.4 Å². The van der Waals surface area contributed by atoms with E-state index in [0.717, 1.165) is 18.4 Å². The fourth-order valence-corrected chi connectivity index (χ4v) is 10.1. The van der Waals surface area contributed by atoms with Gasteiger partial charge in [0.05, 0.1) is 56.9 Å². The van der Waals surface area contributed by atoms with Crippen LogP contribution in [0.2, 0.25) is 0 Å². The lowest BCUT2D eigenvalue weighted by atomic mass is 9.79. The molecule has 69 heavy (non-hydrogen) atoms. The van der Waals surface area contributed by atoms with Gasteiger partial charge in [0.2, 0.25) is 6.36 Å². The number of ether oxygens (including phenoxy) is 11. The van der Waals surface area contributed by atoms with Crippen molar-refractivity contribution in [1.29, 1.82) is 0 Å². The zero-order chi connectivity index (χ0) is 50.9. The quantitative estimate of drug-likeness (QED) is 0.148. The van der Waals surface area contributed by atoms with Gasteiger partial charge >= 0.3 is 11.9 Å². The summed E-state index contributed by atoms with van der Waals surface area (Å²) >= 11 is 0. The molecule has 6 rings (SSSR count). The van der Waals surface area contributed by atoms with Gasteiger partial charge in [-0.15, -0.1) is 0 Å². The van der Waals surface area contributed by atoms with Crippen LogP contribution in [0.25, 0.3) is 0 Å². The Hall–Kier alpha value is -3.05. The first-order valence-corrected chi connectivity index (χ1v) is 25.4. The number of rotatable bonds is 16. The summed E-state index contributed by atoms with van der Waals surface area (Å²) in [5.41, 5.74) is 2.31. The first kappa shape index (κ1) is 58.5. The van der Waals surface area contributed by atoms with Gasteiger partial charge in [-0.3, -0.25) is 9.59 Å². The molecule has 0 aromatic heterocycles. The maximum Gasteiger partial charge on any atom is 0.303 e. The summed E-state index contributed by atoms with van der Waals surface area (Å²) in [5.74, 6) is 1.22. The molecule has 4 fully saturated rings. The van der Waals surface area contributed by atoms with Crippen molar-refractivity contribution in [3.8, 4) is 0 Å². The standard InChI is InChI=1S/C27H42O7.C17H26O3.C11H19FO3/c1-8-22-16(2)17(3)25(31-20(6)28)27(32-22)34-24-18(4)23(33-26(29-7)19(24)5)15-30-14-21-12-10-9-11-13-21;1-12-13(2)16(20-17(18-4)14(12)3)11-19-10-15-8-6-5-7-9-15;1-5-9-6(2)7(3)10(11(12)15-9)14-8(4)13/h9-13,16-19,22-27H,8,14-15H2,1-7H3;5-9,12-14,16-17H,10-11H2,1-4H3;6-7,9-11H,5H2,1-4H3/t16-,17-,18+,19?,22?,23?,24-,25?,26-,27+;12-,13-,14?,16?,17-;6-,7-,9?,10?,11-/m000/s1. The molecule has 2 aromatic rings. The van der Waals surface area contributed by atoms with Crippen LogP contribution in [0.1, 0.15) is 114 Å². The fourth-order valence-electron chi connectivity index (χ4n) is 10.1. The summed E-state index contributed by atoms with van der Waals surface area (Å²) in [6.07, 6.45) is -2.63. The molecule has 0 N–H and O–H groups in total. The first-order valence-electron chi connectivity index (χ1n) is 25.4. The van der Waals surface area contributed by atoms with E-state index in [4.69, 9.17) is 52.1 Å². The number of esters is 2. The molecule has 14 heteroatoms. The summed E-state index contributed by atoms with van der Waals surface area (Å²) < 4.78 is 77.6. The van der Waals surface area contributed by atoms with E-state index in [1.807, 2.05) is 69.3 Å². The Morgan fingerprint density at radius 2 is 0.884 bits per heavy atom. The van der Waals surface area contributed by atoms with Crippen LogP contribution in [0, 0.1) is 53.3 Å². The fraction of sp³-hybridized carbons (Fsp3) is 0.745. The lowest BCUT2D eigenvalue weighted by molar-refractivity contribution is -0.331. The molecule has 4 heterocycles. The molecule has 0 spiro atoms. The average Bonchev–Trinajstić information content (AvgIpc) is 3.34. The van der Waals surface area contributed by atoms with Crippen LogP contribution in [0.4, 0.5) is 4.39 Å². The molecule has 20 atom stereocenters. The van der Waals surface area contributed by atoms with E-state index in [1.54, 1.807) is 14.2 Å². The SMILES string of the molecule is CCC1O[C@H](F)C(OC(C)=O)[C@@H](C)[C@@H]1C.CCC1O[C@H](O[C@@H]2C(C)[C@@H](OC)OC(COCc3ccccc3)[C@H]2C)C(OC(C)=O)[C@@H](C)[C@@H]1C.CO[C@H]1OC(COCc2ccccc2)[C@@H](C)[C@H](C)C1C. The average molecular weight is 975 g/mol. The van der Waals surface area contributed by atoms with Crippen molar-refractivity contribution in [2.24, 2.45) is 53.3 Å². The Bertz CT molecular complexity index is 1750. The maximum atomic E-state index is 13.6. The van der Waals surface area contributed by atoms with Gasteiger partial charge in [0.15, 0.2) is 31.1 Å². The van der Waals surface area contributed by atoms with Crippen molar-refractivity contribution in [2.45, 2.75) is 184 Å². The lowest BCUT2D eigenvalue weighted by Gasteiger charge is -2.48. The van der Waals surface area contributed by atoms with Gasteiger partial charge in [-0.25, -0.2) is 4.39 Å². The predicted octanol–water partition coefficient (Wildman–Crippen LogP) is 10.3. The van der Waals surface area contributed by atoms with Gasteiger partial charge in [-0.1, -0.05) is 137 Å². The number of methoxy groups -OCH3 is 2. The first-order chi connectivity index (χ1) is 32.9. The van der Waals surface area contributed by atoms with Crippen LogP contribution in [-0.4, -0.2) is 107 Å². The zero-order valence-electron chi connectivity index (χ0n) is 44.2. The van der Waals surface area contributed by atoms with Gasteiger partial charge in [-0.05, 0) is 47.6 Å². The molecular weight excluding hydrogens is 888 g/mol. The zero-order valence-corrected chi connectivity index (χ0v) is 44.2. The smallest absolute Gasteiger partial charge is 0.303 e. The monoisotopic (exact) mass is 975 g/mol. The summed E-state index contributed by atoms with van der Waals surface area (Å²) in [7, 11) is 3.36. The van der Waals surface area contributed by atoms with E-state index in [2.05, 4.69) is 67.5 Å². The highest BCUT2D eigenvalue weighted by Crippen LogP contribution is 2.40. The third kappa shape index (κ3) is 16.5. The highest BCUT2D eigenvalue weighted by molar-refractivity contribution is 5.66. The maximum absolute atomic E-state index is 13.6. The summed E-state index contributed by atoms with van der Waals surface area (Å²) in [5, 5.41) is 0. The number of benzene rings is 2. The van der Waals surface area contributed by atoms with E-state index in [0.29, 0.717) is 44.2 Å². The molecule has 4 aliphatic rings. The second-order valence-electron chi connectivity index (χ2n) is 19.9. The van der Waals surface area contributed by atoms with Gasteiger partial charge < -0.3 is 52.1 Å². The van der Waals surface area contributed by atoms with Crippen molar-refractivity contribution in [1.82, 2.24) is 0 Å². The summed E-state index contributed by atoms with van der Waals surface area (Å²) in [4.78, 5) is 22.7.